The van der Waals surface area contributed by atoms with E-state index in [1.54, 1.807) is 6.07 Å². The SMILES string of the molecule is CN(C)c1cccc(F)c1CCON. The molecule has 0 atom stereocenters. The molecule has 1 aromatic carbocycles. The average molecular weight is 198 g/mol. The van der Waals surface area contributed by atoms with Crippen LogP contribution in [0.2, 0.25) is 0 Å². The number of hydrogen-bond donors (Lipinski definition) is 1. The number of nitrogens with zero attached hydrogens (tertiary/aromatic N) is 1. The predicted molar refractivity (Wildman–Crippen MR) is 54.6 cm³/mol. The molecule has 4 heteroatoms. The number of halogens is 1. The van der Waals surface area contributed by atoms with Crippen molar-refractivity contribution in [3.63, 3.8) is 0 Å². The number of anilines is 1. The van der Waals surface area contributed by atoms with Crippen molar-refractivity contribution in [2.24, 2.45) is 5.90 Å². The maximum atomic E-state index is 13.4. The third kappa shape index (κ3) is 2.43. The van der Waals surface area contributed by atoms with Crippen LogP contribution in [0.1, 0.15) is 5.56 Å². The lowest BCUT2D eigenvalue weighted by molar-refractivity contribution is 0.140. The molecular formula is C10H15FN2O. The topological polar surface area (TPSA) is 38.5 Å². The van der Waals surface area contributed by atoms with Gasteiger partial charge in [0.2, 0.25) is 0 Å². The second-order valence-corrected chi connectivity index (χ2v) is 3.25. The quantitative estimate of drug-likeness (QED) is 0.742. The monoisotopic (exact) mass is 198 g/mol. The minimum Gasteiger partial charge on any atom is -0.377 e. The van der Waals surface area contributed by atoms with Crippen LogP contribution in [-0.2, 0) is 11.3 Å². The molecule has 0 saturated carbocycles. The molecule has 0 amide bonds. The zero-order valence-electron chi connectivity index (χ0n) is 8.46. The molecule has 2 N–H and O–H groups in total. The van der Waals surface area contributed by atoms with E-state index in [0.717, 1.165) is 5.69 Å². The lowest BCUT2D eigenvalue weighted by atomic mass is 10.1. The van der Waals surface area contributed by atoms with Crippen LogP contribution < -0.4 is 10.8 Å². The van der Waals surface area contributed by atoms with Crippen molar-refractivity contribution in [1.29, 1.82) is 0 Å². The van der Waals surface area contributed by atoms with E-state index in [1.807, 2.05) is 25.1 Å². The maximum Gasteiger partial charge on any atom is 0.128 e. The number of nitrogens with two attached hydrogens (primary N) is 1. The van der Waals surface area contributed by atoms with Gasteiger partial charge in [-0.15, -0.1) is 0 Å². The Bertz CT molecular complexity index is 302. The first-order chi connectivity index (χ1) is 6.66. The Balaban J connectivity index is 2.96. The molecule has 1 rings (SSSR count). The molecular weight excluding hydrogens is 183 g/mol. The Hall–Kier alpha value is -1.13. The summed E-state index contributed by atoms with van der Waals surface area (Å²) in [5.41, 5.74) is 1.50. The third-order valence-electron chi connectivity index (χ3n) is 2.05. The van der Waals surface area contributed by atoms with Crippen molar-refractivity contribution in [3.05, 3.63) is 29.6 Å². The number of rotatable bonds is 4. The van der Waals surface area contributed by atoms with E-state index in [0.29, 0.717) is 18.6 Å². The molecule has 0 fully saturated rings. The van der Waals surface area contributed by atoms with Crippen molar-refractivity contribution in [3.8, 4) is 0 Å². The Morgan fingerprint density at radius 1 is 1.43 bits per heavy atom. The van der Waals surface area contributed by atoms with E-state index >= 15 is 0 Å². The lowest BCUT2D eigenvalue weighted by Gasteiger charge is -2.17. The molecule has 0 aliphatic heterocycles. The Morgan fingerprint density at radius 2 is 2.14 bits per heavy atom. The van der Waals surface area contributed by atoms with Crippen molar-refractivity contribution in [2.45, 2.75) is 6.42 Å². The van der Waals surface area contributed by atoms with Crippen LogP contribution in [0.4, 0.5) is 10.1 Å². The van der Waals surface area contributed by atoms with Crippen LogP contribution in [0.25, 0.3) is 0 Å². The summed E-state index contributed by atoms with van der Waals surface area (Å²) >= 11 is 0. The smallest absolute Gasteiger partial charge is 0.128 e. The van der Waals surface area contributed by atoms with Crippen LogP contribution in [0, 0.1) is 5.82 Å². The van der Waals surface area contributed by atoms with Crippen LogP contribution >= 0.6 is 0 Å². The summed E-state index contributed by atoms with van der Waals surface area (Å²) < 4.78 is 13.4. The zero-order valence-corrected chi connectivity index (χ0v) is 8.46. The molecule has 14 heavy (non-hydrogen) atoms. The molecule has 0 unspecified atom stereocenters. The molecule has 0 spiro atoms. The summed E-state index contributed by atoms with van der Waals surface area (Å²) in [6, 6.07) is 5.01. The fraction of sp³-hybridized carbons (Fsp3) is 0.400. The average Bonchev–Trinajstić information content (AvgIpc) is 2.15. The molecule has 0 aliphatic rings. The molecule has 3 nitrogen and oxygen atoms in total. The third-order valence-corrected chi connectivity index (χ3v) is 2.05. The standard InChI is InChI=1S/C10H15FN2O/c1-13(2)10-5-3-4-9(11)8(10)6-7-14-12/h3-5H,6-7,12H2,1-2H3. The largest absolute Gasteiger partial charge is 0.377 e. The van der Waals surface area contributed by atoms with Gasteiger partial charge < -0.3 is 9.74 Å². The first-order valence-corrected chi connectivity index (χ1v) is 4.43. The van der Waals surface area contributed by atoms with Crippen LogP contribution in [-0.4, -0.2) is 20.7 Å². The number of benzene rings is 1. The van der Waals surface area contributed by atoms with Crippen LogP contribution in [0.3, 0.4) is 0 Å². The Morgan fingerprint density at radius 3 is 2.71 bits per heavy atom. The molecule has 1 aromatic rings. The molecule has 0 aliphatic carbocycles. The van der Waals surface area contributed by atoms with Gasteiger partial charge in [0, 0.05) is 31.8 Å². The Kier molecular flexibility index (Phi) is 3.85. The minimum atomic E-state index is -0.215. The molecule has 0 radical (unpaired) electrons. The van der Waals surface area contributed by atoms with Gasteiger partial charge in [0.15, 0.2) is 0 Å². The van der Waals surface area contributed by atoms with Gasteiger partial charge in [0.25, 0.3) is 0 Å². The van der Waals surface area contributed by atoms with Gasteiger partial charge in [-0.3, -0.25) is 0 Å². The second-order valence-electron chi connectivity index (χ2n) is 3.25. The molecule has 78 valence electrons. The van der Waals surface area contributed by atoms with Gasteiger partial charge in [-0.1, -0.05) is 6.07 Å². The highest BCUT2D eigenvalue weighted by atomic mass is 19.1. The van der Waals surface area contributed by atoms with E-state index in [2.05, 4.69) is 4.84 Å². The minimum absolute atomic E-state index is 0.215. The maximum absolute atomic E-state index is 13.4. The fourth-order valence-electron chi connectivity index (χ4n) is 1.37. The van der Waals surface area contributed by atoms with Crippen LogP contribution in [0.15, 0.2) is 18.2 Å². The zero-order chi connectivity index (χ0) is 10.6. The fourth-order valence-corrected chi connectivity index (χ4v) is 1.37. The molecule has 0 bridgehead atoms. The first-order valence-electron chi connectivity index (χ1n) is 4.43. The van der Waals surface area contributed by atoms with Crippen molar-refractivity contribution in [2.75, 3.05) is 25.6 Å². The molecule has 0 saturated heterocycles. The van der Waals surface area contributed by atoms with Gasteiger partial charge in [0.05, 0.1) is 6.61 Å². The molecule has 0 heterocycles. The highest BCUT2D eigenvalue weighted by molar-refractivity contribution is 5.53. The van der Waals surface area contributed by atoms with Crippen LogP contribution in [0.5, 0.6) is 0 Å². The van der Waals surface area contributed by atoms with Gasteiger partial charge in [-0.2, -0.15) is 0 Å². The van der Waals surface area contributed by atoms with Gasteiger partial charge in [-0.25, -0.2) is 10.3 Å². The summed E-state index contributed by atoms with van der Waals surface area (Å²) in [6.45, 7) is 0.321. The van der Waals surface area contributed by atoms with Gasteiger partial charge >= 0.3 is 0 Å². The first kappa shape index (κ1) is 10.9. The van der Waals surface area contributed by atoms with E-state index in [4.69, 9.17) is 5.90 Å². The second kappa shape index (κ2) is 4.93. The summed E-state index contributed by atoms with van der Waals surface area (Å²) in [5, 5.41) is 0. The highest BCUT2D eigenvalue weighted by Gasteiger charge is 2.09. The van der Waals surface area contributed by atoms with Crippen molar-refractivity contribution >= 4 is 5.69 Å². The lowest BCUT2D eigenvalue weighted by Crippen LogP contribution is -2.14. The summed E-state index contributed by atoms with van der Waals surface area (Å²) in [4.78, 5) is 6.32. The van der Waals surface area contributed by atoms with Crippen molar-refractivity contribution < 1.29 is 9.23 Å². The number of hydrogen-bond acceptors (Lipinski definition) is 3. The highest BCUT2D eigenvalue weighted by Crippen LogP contribution is 2.21. The predicted octanol–water partition coefficient (Wildman–Crippen LogP) is 1.32. The summed E-state index contributed by atoms with van der Waals surface area (Å²) in [5.74, 6) is 4.70. The van der Waals surface area contributed by atoms with Gasteiger partial charge in [-0.05, 0) is 12.1 Å². The van der Waals surface area contributed by atoms with E-state index in [9.17, 15) is 4.39 Å². The van der Waals surface area contributed by atoms with Gasteiger partial charge in [0.1, 0.15) is 5.82 Å². The summed E-state index contributed by atoms with van der Waals surface area (Å²) in [7, 11) is 3.75. The van der Waals surface area contributed by atoms with Crippen molar-refractivity contribution in [1.82, 2.24) is 0 Å². The summed E-state index contributed by atoms with van der Waals surface area (Å²) in [6.07, 6.45) is 0.483. The normalized spacial score (nSPS) is 10.3. The molecule has 0 aromatic heterocycles. The van der Waals surface area contributed by atoms with E-state index < -0.39 is 0 Å². The van der Waals surface area contributed by atoms with E-state index in [1.165, 1.54) is 6.07 Å². The Labute approximate surface area is 83.2 Å². The van der Waals surface area contributed by atoms with E-state index in [-0.39, 0.29) is 5.82 Å².